The Morgan fingerprint density at radius 2 is 0.402 bits per heavy atom. The number of carbonyl (C=O) groups is 8. The predicted molar refractivity (Wildman–Crippen MR) is 361 cm³/mol. The summed E-state index contributed by atoms with van der Waals surface area (Å²) >= 11 is 0. The van der Waals surface area contributed by atoms with Crippen molar-refractivity contribution in [3.8, 4) is 0 Å². The molecule has 0 radical (unpaired) electrons. The van der Waals surface area contributed by atoms with Crippen LogP contribution in [0.1, 0.15) is 364 Å². The molecule has 0 saturated carbocycles. The largest absolute Gasteiger partial charge is 0.466 e. The van der Waals surface area contributed by atoms with Crippen molar-refractivity contribution in [2.75, 3.05) is 26.4 Å². The summed E-state index contributed by atoms with van der Waals surface area (Å²) in [5, 5.41) is 0. The zero-order chi connectivity index (χ0) is 62.3. The molecular weight excluding hydrogens is 1110 g/mol. The van der Waals surface area contributed by atoms with Gasteiger partial charge in [0.25, 0.3) is 0 Å². The van der Waals surface area contributed by atoms with Crippen LogP contribution in [-0.4, -0.2) is 98.6 Å². The second-order valence-electron chi connectivity index (χ2n) is 21.6. The van der Waals surface area contributed by atoms with E-state index in [1.807, 2.05) is 0 Å². The van der Waals surface area contributed by atoms with Gasteiger partial charge in [-0.05, 0) is 80.1 Å². The molecule has 0 heterocycles. The Kier molecular flexibility index (Phi) is 93.2. The fourth-order valence-corrected chi connectivity index (χ4v) is 8.07. The first-order valence-electron chi connectivity index (χ1n) is 32.8. The molecule has 0 saturated heterocycles. The predicted octanol–water partition coefficient (Wildman–Crippen LogP) is 20.0. The molecule has 0 unspecified atom stereocenters. The van der Waals surface area contributed by atoms with E-state index in [-0.39, 0.29) is 111 Å². The summed E-state index contributed by atoms with van der Waals surface area (Å²) in [6, 6.07) is 0. The third kappa shape index (κ3) is 86.0. The summed E-state index contributed by atoms with van der Waals surface area (Å²) in [5.74, 6) is -2.05. The molecule has 0 bridgehead atoms. The molecular formula is C71H144O16. The Bertz CT molecular complexity index is 1460. The molecule has 0 fully saturated rings. The SMILES string of the molecule is C.C.C.C.C.CCCCCC(=O)O[C@H](C)CC(=O)OCC.CCCCCCCC(=O)O[C@H](C)CC(=O)OCC.CCCCCCCC(=O)O[C@H](C)CC(=O)OCCCCCC.CCCCCCCCCC(=O)O[C@H](C)CC(=O)OCCCCCCCC. The van der Waals surface area contributed by atoms with Gasteiger partial charge in [-0.25, -0.2) is 0 Å². The van der Waals surface area contributed by atoms with Gasteiger partial charge in [-0.1, -0.05) is 233 Å². The minimum atomic E-state index is -0.399. The standard InChI is InChI=1S/C22H42O4.C18H34O4.C14H26O4.C12H22O4.5CH4/c1-4-6-8-10-12-13-15-17-21(23)26-20(3)19-22(24)25-18-16-14-11-9-7-5-2;1-4-6-8-10-11-13-17(19)22-16(3)15-18(20)21-14-12-9-7-5-2;1-4-6-7-8-9-10-13(15)18-12(3)11-14(16)17-5-2;1-4-6-7-8-11(13)16-10(3)9-12(14)15-5-2;;;;;/h20H,4-19H2,1-3H3;16H,4-15H2,1-3H3;12H,4-11H2,1-3H3;10H,4-9H2,1-3H3;5*1H4/t20-;16-;12-;10-;;;;;/m1111...../s1. The van der Waals surface area contributed by atoms with Gasteiger partial charge in [-0.3, -0.25) is 38.4 Å². The van der Waals surface area contributed by atoms with Crippen molar-refractivity contribution in [2.45, 2.75) is 389 Å². The quantitative estimate of drug-likeness (QED) is 0.0315. The third-order valence-corrected chi connectivity index (χ3v) is 12.7. The molecule has 524 valence electrons. The zero-order valence-corrected chi connectivity index (χ0v) is 54.5. The molecule has 0 rings (SSSR count). The van der Waals surface area contributed by atoms with Gasteiger partial charge in [0, 0.05) is 25.7 Å². The van der Waals surface area contributed by atoms with Crippen LogP contribution in [0, 0.1) is 0 Å². The molecule has 0 N–H and O–H groups in total. The first kappa shape index (κ1) is 102. The van der Waals surface area contributed by atoms with Gasteiger partial charge >= 0.3 is 47.8 Å². The highest BCUT2D eigenvalue weighted by Crippen LogP contribution is 2.13. The van der Waals surface area contributed by atoms with Crippen LogP contribution < -0.4 is 0 Å². The van der Waals surface area contributed by atoms with Crippen LogP contribution in [0.15, 0.2) is 0 Å². The molecule has 0 amide bonds. The average Bonchev–Trinajstić information content (AvgIpc) is 3.43. The Balaban J connectivity index is -0.000000133. The van der Waals surface area contributed by atoms with Crippen LogP contribution in [0.4, 0.5) is 0 Å². The Morgan fingerprint density at radius 1 is 0.230 bits per heavy atom. The average molecular weight is 1250 g/mol. The van der Waals surface area contributed by atoms with Crippen molar-refractivity contribution < 1.29 is 76.3 Å². The molecule has 0 aliphatic heterocycles. The van der Waals surface area contributed by atoms with Crippen LogP contribution in [0.2, 0.25) is 0 Å². The number of esters is 8. The third-order valence-electron chi connectivity index (χ3n) is 12.7. The molecule has 16 heteroatoms. The number of hydrogen-bond acceptors (Lipinski definition) is 16. The maximum atomic E-state index is 11.8. The van der Waals surface area contributed by atoms with Gasteiger partial charge in [0.1, 0.15) is 24.4 Å². The highest BCUT2D eigenvalue weighted by atomic mass is 16.6. The molecule has 16 nitrogen and oxygen atoms in total. The van der Waals surface area contributed by atoms with E-state index in [0.717, 1.165) is 83.5 Å². The smallest absolute Gasteiger partial charge is 0.309 e. The minimum absolute atomic E-state index is 0. The van der Waals surface area contributed by atoms with E-state index in [9.17, 15) is 38.4 Å². The Hall–Kier alpha value is -4.24. The summed E-state index contributed by atoms with van der Waals surface area (Å²) in [6.45, 7) is 25.0. The lowest BCUT2D eigenvalue weighted by molar-refractivity contribution is -0.156. The molecule has 0 aromatic rings. The number of unbranched alkanes of at least 4 members (excludes halogenated alkanes) is 24. The summed E-state index contributed by atoms with van der Waals surface area (Å²) in [6.07, 6.45) is 34.3. The summed E-state index contributed by atoms with van der Waals surface area (Å²) in [4.78, 5) is 91.7. The van der Waals surface area contributed by atoms with E-state index in [2.05, 4.69) is 41.5 Å². The normalized spacial score (nSPS) is 11.3. The van der Waals surface area contributed by atoms with Crippen molar-refractivity contribution in [3.63, 3.8) is 0 Å². The monoisotopic (exact) mass is 1250 g/mol. The van der Waals surface area contributed by atoms with Gasteiger partial charge in [0.2, 0.25) is 0 Å². The van der Waals surface area contributed by atoms with Gasteiger partial charge in [-0.15, -0.1) is 0 Å². The van der Waals surface area contributed by atoms with E-state index in [1.165, 1.54) is 109 Å². The van der Waals surface area contributed by atoms with Gasteiger partial charge < -0.3 is 37.9 Å². The maximum absolute atomic E-state index is 11.8. The van der Waals surface area contributed by atoms with Crippen molar-refractivity contribution in [2.24, 2.45) is 0 Å². The highest BCUT2D eigenvalue weighted by Gasteiger charge is 2.18. The van der Waals surface area contributed by atoms with E-state index in [1.54, 1.807) is 41.5 Å². The molecule has 0 aromatic carbocycles. The second kappa shape index (κ2) is 79.8. The van der Waals surface area contributed by atoms with E-state index < -0.39 is 24.4 Å². The second-order valence-corrected chi connectivity index (χ2v) is 21.6. The van der Waals surface area contributed by atoms with Crippen LogP contribution in [0.25, 0.3) is 0 Å². The van der Waals surface area contributed by atoms with Gasteiger partial charge in [-0.2, -0.15) is 0 Å². The van der Waals surface area contributed by atoms with Crippen molar-refractivity contribution in [3.05, 3.63) is 0 Å². The van der Waals surface area contributed by atoms with E-state index >= 15 is 0 Å². The number of rotatable bonds is 50. The maximum Gasteiger partial charge on any atom is 0.309 e. The lowest BCUT2D eigenvalue weighted by Crippen LogP contribution is -2.20. The number of carbonyl (C=O) groups excluding carboxylic acids is 8. The molecule has 0 aromatic heterocycles. The minimum Gasteiger partial charge on any atom is -0.466 e. The summed E-state index contributed by atoms with van der Waals surface area (Å²) in [5.41, 5.74) is 0. The van der Waals surface area contributed by atoms with Crippen LogP contribution in [-0.2, 0) is 76.3 Å². The zero-order valence-electron chi connectivity index (χ0n) is 54.5. The number of hydrogen-bond donors (Lipinski definition) is 0. The van der Waals surface area contributed by atoms with E-state index in [4.69, 9.17) is 37.9 Å². The molecule has 0 aliphatic carbocycles. The Morgan fingerprint density at radius 3 is 0.632 bits per heavy atom. The van der Waals surface area contributed by atoms with Crippen LogP contribution >= 0.6 is 0 Å². The van der Waals surface area contributed by atoms with Gasteiger partial charge in [0.15, 0.2) is 0 Å². The molecule has 87 heavy (non-hydrogen) atoms. The topological polar surface area (TPSA) is 210 Å². The highest BCUT2D eigenvalue weighted by molar-refractivity contribution is 5.74. The van der Waals surface area contributed by atoms with E-state index in [0.29, 0.717) is 52.1 Å². The fourth-order valence-electron chi connectivity index (χ4n) is 8.07. The van der Waals surface area contributed by atoms with Crippen molar-refractivity contribution in [1.82, 2.24) is 0 Å². The van der Waals surface area contributed by atoms with Crippen molar-refractivity contribution in [1.29, 1.82) is 0 Å². The van der Waals surface area contributed by atoms with Crippen molar-refractivity contribution >= 4 is 47.8 Å². The lowest BCUT2D eigenvalue weighted by atomic mass is 10.1. The Labute approximate surface area is 537 Å². The summed E-state index contributed by atoms with van der Waals surface area (Å²) < 4.78 is 40.6. The fraction of sp³-hybridized carbons (Fsp3) is 0.887. The van der Waals surface area contributed by atoms with Crippen LogP contribution in [0.3, 0.4) is 0 Å². The molecule has 0 aliphatic rings. The first-order chi connectivity index (χ1) is 39.4. The van der Waals surface area contributed by atoms with Gasteiger partial charge in [0.05, 0.1) is 52.1 Å². The number of ether oxygens (including phenoxy) is 8. The molecule has 0 spiro atoms. The van der Waals surface area contributed by atoms with Crippen LogP contribution in [0.5, 0.6) is 0 Å². The molecule has 4 atom stereocenters. The summed E-state index contributed by atoms with van der Waals surface area (Å²) in [7, 11) is 0. The lowest BCUT2D eigenvalue weighted by Gasteiger charge is -2.13. The first-order valence-corrected chi connectivity index (χ1v) is 32.8.